The minimum atomic E-state index is -0.173. The lowest BCUT2D eigenvalue weighted by atomic mass is 10.0. The van der Waals surface area contributed by atoms with E-state index in [1.807, 2.05) is 6.07 Å². The number of halogens is 1. The minimum Gasteiger partial charge on any atom is -0.379 e. The molecule has 0 unspecified atom stereocenters. The van der Waals surface area contributed by atoms with Crippen molar-refractivity contribution in [2.24, 2.45) is 4.99 Å². The van der Waals surface area contributed by atoms with E-state index >= 15 is 0 Å². The smallest absolute Gasteiger partial charge is 0.191 e. The van der Waals surface area contributed by atoms with E-state index in [1.165, 1.54) is 6.07 Å². The molecule has 1 heterocycles. The van der Waals surface area contributed by atoms with Gasteiger partial charge in [0.25, 0.3) is 0 Å². The second-order valence-electron chi connectivity index (χ2n) is 6.77. The Bertz CT molecular complexity index is 568. The van der Waals surface area contributed by atoms with E-state index in [0.717, 1.165) is 44.4 Å². The maximum Gasteiger partial charge on any atom is 0.191 e. The van der Waals surface area contributed by atoms with Crippen LogP contribution in [0.15, 0.2) is 23.2 Å². The molecule has 1 aromatic carbocycles. The molecule has 1 aliphatic heterocycles. The van der Waals surface area contributed by atoms with Crippen LogP contribution >= 0.6 is 0 Å². The highest BCUT2D eigenvalue weighted by molar-refractivity contribution is 5.79. The summed E-state index contributed by atoms with van der Waals surface area (Å²) >= 11 is 0. The minimum absolute atomic E-state index is 0.0217. The van der Waals surface area contributed by atoms with Gasteiger partial charge in [0.15, 0.2) is 5.96 Å². The van der Waals surface area contributed by atoms with Gasteiger partial charge in [-0.25, -0.2) is 4.39 Å². The molecule has 1 aliphatic rings. The first-order valence-corrected chi connectivity index (χ1v) is 8.45. The fourth-order valence-electron chi connectivity index (χ4n) is 2.80. The van der Waals surface area contributed by atoms with E-state index in [0.29, 0.717) is 12.1 Å². The van der Waals surface area contributed by atoms with Gasteiger partial charge >= 0.3 is 0 Å². The number of benzene rings is 1. The van der Waals surface area contributed by atoms with E-state index in [-0.39, 0.29) is 11.4 Å². The number of nitrogens with one attached hydrogen (secondary N) is 2. The quantitative estimate of drug-likeness (QED) is 0.637. The number of aliphatic imine (C=N–C) groups is 1. The van der Waals surface area contributed by atoms with Gasteiger partial charge < -0.3 is 15.4 Å². The fraction of sp³-hybridized carbons (Fsp3) is 0.611. The third-order valence-corrected chi connectivity index (χ3v) is 4.46. The van der Waals surface area contributed by atoms with Crippen LogP contribution in [0.5, 0.6) is 0 Å². The van der Waals surface area contributed by atoms with Crippen LogP contribution < -0.4 is 10.6 Å². The highest BCUT2D eigenvalue weighted by Crippen LogP contribution is 2.15. The van der Waals surface area contributed by atoms with Crippen LogP contribution in [0.4, 0.5) is 4.39 Å². The molecule has 1 fully saturated rings. The normalized spacial score (nSPS) is 17.0. The lowest BCUT2D eigenvalue weighted by Crippen LogP contribution is -2.56. The van der Waals surface area contributed by atoms with E-state index < -0.39 is 0 Å². The summed E-state index contributed by atoms with van der Waals surface area (Å²) in [5.74, 6) is 0.576. The zero-order chi connectivity index (χ0) is 17.6. The fourth-order valence-corrected chi connectivity index (χ4v) is 2.80. The number of ether oxygens (including phenoxy) is 1. The van der Waals surface area contributed by atoms with E-state index in [1.54, 1.807) is 20.0 Å². The predicted octanol–water partition coefficient (Wildman–Crippen LogP) is 1.91. The Morgan fingerprint density at radius 1 is 1.29 bits per heavy atom. The Balaban J connectivity index is 1.84. The zero-order valence-electron chi connectivity index (χ0n) is 15.2. The van der Waals surface area contributed by atoms with Gasteiger partial charge in [0, 0.05) is 38.8 Å². The molecular formula is C18H29FN4O. The molecule has 0 aliphatic carbocycles. The Morgan fingerprint density at radius 3 is 2.62 bits per heavy atom. The molecule has 2 N–H and O–H groups in total. The van der Waals surface area contributed by atoms with Crippen molar-refractivity contribution in [3.8, 4) is 0 Å². The molecule has 0 amide bonds. The van der Waals surface area contributed by atoms with E-state index in [4.69, 9.17) is 4.74 Å². The van der Waals surface area contributed by atoms with Crippen LogP contribution in [-0.4, -0.2) is 56.3 Å². The summed E-state index contributed by atoms with van der Waals surface area (Å²) in [6, 6.07) is 5.15. The Morgan fingerprint density at radius 2 is 2.00 bits per heavy atom. The highest BCUT2D eigenvalue weighted by Gasteiger charge is 2.28. The van der Waals surface area contributed by atoms with Crippen molar-refractivity contribution >= 4 is 5.96 Å². The molecule has 0 bridgehead atoms. The molecule has 0 aromatic heterocycles. The van der Waals surface area contributed by atoms with Gasteiger partial charge in [0.05, 0.1) is 13.2 Å². The monoisotopic (exact) mass is 336 g/mol. The number of morpholine rings is 1. The molecule has 0 atom stereocenters. The summed E-state index contributed by atoms with van der Waals surface area (Å²) < 4.78 is 18.7. The Hall–Kier alpha value is -1.66. The molecular weight excluding hydrogens is 307 g/mol. The number of nitrogens with zero attached hydrogens (tertiary/aromatic N) is 2. The van der Waals surface area contributed by atoms with Crippen LogP contribution in [0.1, 0.15) is 25.0 Å². The second-order valence-corrected chi connectivity index (χ2v) is 6.77. The summed E-state index contributed by atoms with van der Waals surface area (Å²) in [7, 11) is 1.76. The van der Waals surface area contributed by atoms with Crippen molar-refractivity contribution < 1.29 is 9.13 Å². The Kier molecular flexibility index (Phi) is 6.57. The number of hydrogen-bond acceptors (Lipinski definition) is 3. The first-order chi connectivity index (χ1) is 11.4. The predicted molar refractivity (Wildman–Crippen MR) is 95.8 cm³/mol. The van der Waals surface area contributed by atoms with Crippen molar-refractivity contribution in [2.45, 2.75) is 32.9 Å². The number of hydrogen-bond donors (Lipinski definition) is 2. The third-order valence-electron chi connectivity index (χ3n) is 4.46. The first-order valence-electron chi connectivity index (χ1n) is 8.45. The maximum absolute atomic E-state index is 13.3. The molecule has 1 aromatic rings. The zero-order valence-corrected chi connectivity index (χ0v) is 15.2. The van der Waals surface area contributed by atoms with Gasteiger partial charge in [-0.15, -0.1) is 0 Å². The summed E-state index contributed by atoms with van der Waals surface area (Å²) in [6.45, 7) is 11.1. The molecule has 134 valence electrons. The van der Waals surface area contributed by atoms with Gasteiger partial charge in [-0.3, -0.25) is 9.89 Å². The summed E-state index contributed by atoms with van der Waals surface area (Å²) in [6.07, 6.45) is 0. The van der Waals surface area contributed by atoms with Gasteiger partial charge in [-0.05, 0) is 38.0 Å². The number of guanidine groups is 1. The van der Waals surface area contributed by atoms with Gasteiger partial charge in [0.1, 0.15) is 5.82 Å². The lowest BCUT2D eigenvalue weighted by Gasteiger charge is -2.41. The summed E-state index contributed by atoms with van der Waals surface area (Å²) in [5, 5.41) is 6.67. The Labute approximate surface area is 144 Å². The molecule has 1 saturated heterocycles. The molecule has 24 heavy (non-hydrogen) atoms. The van der Waals surface area contributed by atoms with Crippen LogP contribution in [0.25, 0.3) is 0 Å². The van der Waals surface area contributed by atoms with Crippen molar-refractivity contribution in [2.75, 3.05) is 39.9 Å². The molecule has 5 nitrogen and oxygen atoms in total. The van der Waals surface area contributed by atoms with Gasteiger partial charge in [-0.2, -0.15) is 0 Å². The number of rotatable bonds is 5. The van der Waals surface area contributed by atoms with Crippen LogP contribution in [0.2, 0.25) is 0 Å². The molecule has 0 radical (unpaired) electrons. The average molecular weight is 336 g/mol. The van der Waals surface area contributed by atoms with Crippen molar-refractivity contribution in [1.82, 2.24) is 15.5 Å². The largest absolute Gasteiger partial charge is 0.379 e. The lowest BCUT2D eigenvalue weighted by molar-refractivity contribution is -0.00834. The van der Waals surface area contributed by atoms with Crippen molar-refractivity contribution in [1.29, 1.82) is 0 Å². The van der Waals surface area contributed by atoms with Crippen molar-refractivity contribution in [3.05, 3.63) is 35.1 Å². The standard InChI is InChI=1S/C18H29FN4O/c1-14-11-15(5-6-16(14)19)12-21-17(20-4)22-13-18(2,3)23-7-9-24-10-8-23/h5-6,11H,7-10,12-13H2,1-4H3,(H2,20,21,22). The maximum atomic E-state index is 13.3. The van der Waals surface area contributed by atoms with Gasteiger partial charge in [0.2, 0.25) is 0 Å². The van der Waals surface area contributed by atoms with Crippen LogP contribution in [-0.2, 0) is 11.3 Å². The first kappa shape index (κ1) is 18.7. The SMILES string of the molecule is CN=C(NCc1ccc(F)c(C)c1)NCC(C)(C)N1CCOCC1. The molecule has 6 heteroatoms. The van der Waals surface area contributed by atoms with E-state index in [2.05, 4.69) is 34.4 Å². The second kappa shape index (κ2) is 8.44. The molecule has 0 saturated carbocycles. The molecule has 2 rings (SSSR count). The van der Waals surface area contributed by atoms with E-state index in [9.17, 15) is 4.39 Å². The third kappa shape index (κ3) is 5.18. The summed E-state index contributed by atoms with van der Waals surface area (Å²) in [5.41, 5.74) is 1.71. The number of aryl methyl sites for hydroxylation is 1. The van der Waals surface area contributed by atoms with Gasteiger partial charge in [-0.1, -0.05) is 12.1 Å². The topological polar surface area (TPSA) is 48.9 Å². The van der Waals surface area contributed by atoms with Crippen LogP contribution in [0.3, 0.4) is 0 Å². The molecule has 0 spiro atoms. The highest BCUT2D eigenvalue weighted by atomic mass is 19.1. The average Bonchev–Trinajstić information content (AvgIpc) is 2.59. The summed E-state index contributed by atoms with van der Waals surface area (Å²) in [4.78, 5) is 6.70. The van der Waals surface area contributed by atoms with Crippen LogP contribution in [0, 0.1) is 12.7 Å². The van der Waals surface area contributed by atoms with Crippen molar-refractivity contribution in [3.63, 3.8) is 0 Å².